The molecule has 2 rings (SSSR count). The predicted octanol–water partition coefficient (Wildman–Crippen LogP) is 4.67. The van der Waals surface area contributed by atoms with Gasteiger partial charge in [-0.1, -0.05) is 29.3 Å². The number of nitriles is 1. The molecule has 2 aromatic rings. The summed E-state index contributed by atoms with van der Waals surface area (Å²) in [5.74, 6) is -1.01. The van der Waals surface area contributed by atoms with E-state index in [1.807, 2.05) is 6.07 Å². The van der Waals surface area contributed by atoms with Crippen LogP contribution in [-0.2, 0) is 9.53 Å². The first-order chi connectivity index (χ1) is 11.9. The van der Waals surface area contributed by atoms with Crippen LogP contribution >= 0.6 is 34.5 Å². The van der Waals surface area contributed by atoms with E-state index in [1.165, 1.54) is 19.3 Å². The zero-order chi connectivity index (χ0) is 18.6. The molecule has 0 aliphatic heterocycles. The van der Waals surface area contributed by atoms with Crippen molar-refractivity contribution >= 4 is 57.5 Å². The van der Waals surface area contributed by atoms with Gasteiger partial charge in [0.05, 0.1) is 12.7 Å². The molecule has 0 radical (unpaired) electrons. The number of benzene rings is 1. The number of methoxy groups -OCH3 is 1. The van der Waals surface area contributed by atoms with Crippen LogP contribution in [0.25, 0.3) is 6.08 Å². The van der Waals surface area contributed by atoms with Crippen molar-refractivity contribution in [3.63, 3.8) is 0 Å². The number of nitrogens with zero attached hydrogens (tertiary/aromatic N) is 1. The fourth-order valence-corrected chi connectivity index (χ4v) is 3.53. The molecule has 0 atom stereocenters. The molecule has 0 bridgehead atoms. The van der Waals surface area contributed by atoms with E-state index in [4.69, 9.17) is 23.2 Å². The van der Waals surface area contributed by atoms with Crippen molar-refractivity contribution in [3.05, 3.63) is 55.9 Å². The third-order valence-corrected chi connectivity index (χ3v) is 4.99. The minimum absolute atomic E-state index is 0.233. The van der Waals surface area contributed by atoms with Crippen molar-refractivity contribution in [3.8, 4) is 6.07 Å². The summed E-state index contributed by atoms with van der Waals surface area (Å²) in [6.07, 6.45) is 2.81. The molecule has 0 aliphatic carbocycles. The lowest BCUT2D eigenvalue weighted by Crippen LogP contribution is -2.07. The molecule has 1 aromatic heterocycles. The molecule has 0 unspecified atom stereocenters. The highest BCUT2D eigenvalue weighted by Crippen LogP contribution is 2.33. The Labute approximate surface area is 158 Å². The molecule has 5 nitrogen and oxygen atoms in total. The Morgan fingerprint density at radius 1 is 1.36 bits per heavy atom. The number of hydrogen-bond acceptors (Lipinski definition) is 5. The van der Waals surface area contributed by atoms with Gasteiger partial charge in [-0.25, -0.2) is 4.79 Å². The maximum Gasteiger partial charge on any atom is 0.348 e. The van der Waals surface area contributed by atoms with Crippen molar-refractivity contribution in [2.24, 2.45) is 0 Å². The monoisotopic (exact) mass is 394 g/mol. The number of amides is 1. The first-order valence-corrected chi connectivity index (χ1v) is 8.50. The van der Waals surface area contributed by atoms with E-state index in [9.17, 15) is 14.9 Å². The molecular weight excluding hydrogens is 383 g/mol. The van der Waals surface area contributed by atoms with Gasteiger partial charge in [0.1, 0.15) is 15.9 Å². The molecule has 0 saturated carbocycles. The van der Waals surface area contributed by atoms with Gasteiger partial charge in [-0.2, -0.15) is 5.26 Å². The third kappa shape index (κ3) is 4.40. The summed E-state index contributed by atoms with van der Waals surface area (Å²) in [5, 5.41) is 13.0. The number of rotatable bonds is 4. The molecular formula is C17H12Cl2N2O3S. The average molecular weight is 395 g/mol. The normalized spacial score (nSPS) is 10.5. The SMILES string of the molecule is COC(=O)c1sc(NC(=O)C=Cc2ccc(Cl)cc2Cl)c(C#N)c1C. The quantitative estimate of drug-likeness (QED) is 0.603. The van der Waals surface area contributed by atoms with E-state index in [2.05, 4.69) is 10.1 Å². The number of anilines is 1. The summed E-state index contributed by atoms with van der Waals surface area (Å²) in [6, 6.07) is 6.89. The topological polar surface area (TPSA) is 79.2 Å². The van der Waals surface area contributed by atoms with Gasteiger partial charge in [0.25, 0.3) is 0 Å². The molecule has 25 heavy (non-hydrogen) atoms. The second-order valence-electron chi connectivity index (χ2n) is 4.85. The fourth-order valence-electron chi connectivity index (χ4n) is 1.98. The van der Waals surface area contributed by atoms with E-state index in [1.54, 1.807) is 25.1 Å². The summed E-state index contributed by atoms with van der Waals surface area (Å²) < 4.78 is 4.67. The number of halogens is 2. The van der Waals surface area contributed by atoms with Crippen LogP contribution in [-0.4, -0.2) is 19.0 Å². The number of hydrogen-bond donors (Lipinski definition) is 1. The zero-order valence-corrected chi connectivity index (χ0v) is 15.6. The largest absolute Gasteiger partial charge is 0.465 e. The summed E-state index contributed by atoms with van der Waals surface area (Å²) in [4.78, 5) is 24.1. The Hall–Kier alpha value is -2.33. The Morgan fingerprint density at radius 3 is 2.68 bits per heavy atom. The Bertz CT molecular complexity index is 913. The van der Waals surface area contributed by atoms with Gasteiger partial charge in [0, 0.05) is 16.1 Å². The summed E-state index contributed by atoms with van der Waals surface area (Å²) in [7, 11) is 1.25. The van der Waals surface area contributed by atoms with Crippen LogP contribution in [0.4, 0.5) is 5.00 Å². The van der Waals surface area contributed by atoms with Gasteiger partial charge in [0.2, 0.25) is 5.91 Å². The van der Waals surface area contributed by atoms with E-state index in [0.29, 0.717) is 21.2 Å². The van der Waals surface area contributed by atoms with Gasteiger partial charge >= 0.3 is 5.97 Å². The van der Waals surface area contributed by atoms with Gasteiger partial charge in [0.15, 0.2) is 0 Å². The smallest absolute Gasteiger partial charge is 0.348 e. The summed E-state index contributed by atoms with van der Waals surface area (Å²) in [5.41, 5.74) is 1.33. The molecule has 1 amide bonds. The highest BCUT2D eigenvalue weighted by Gasteiger charge is 2.21. The van der Waals surface area contributed by atoms with E-state index in [0.717, 1.165) is 11.3 Å². The lowest BCUT2D eigenvalue weighted by Gasteiger charge is -2.00. The molecule has 128 valence electrons. The number of carbonyl (C=O) groups is 2. The van der Waals surface area contributed by atoms with Gasteiger partial charge < -0.3 is 10.1 Å². The van der Waals surface area contributed by atoms with Crippen LogP contribution in [0.2, 0.25) is 10.0 Å². The van der Waals surface area contributed by atoms with Crippen molar-refractivity contribution in [1.29, 1.82) is 5.26 Å². The van der Waals surface area contributed by atoms with Gasteiger partial charge in [-0.15, -0.1) is 11.3 Å². The summed E-state index contributed by atoms with van der Waals surface area (Å²) >= 11 is 12.8. The number of nitrogens with one attached hydrogen (secondary N) is 1. The molecule has 0 spiro atoms. The first kappa shape index (κ1) is 19.0. The highest BCUT2D eigenvalue weighted by molar-refractivity contribution is 7.18. The van der Waals surface area contributed by atoms with Crippen LogP contribution in [0, 0.1) is 18.3 Å². The number of ether oxygens (including phenoxy) is 1. The maximum absolute atomic E-state index is 12.1. The second kappa shape index (κ2) is 8.17. The van der Waals surface area contributed by atoms with E-state index >= 15 is 0 Å². The zero-order valence-electron chi connectivity index (χ0n) is 13.2. The molecule has 1 aromatic carbocycles. The van der Waals surface area contributed by atoms with Crippen LogP contribution < -0.4 is 5.32 Å². The maximum atomic E-state index is 12.1. The second-order valence-corrected chi connectivity index (χ2v) is 6.72. The minimum atomic E-state index is -0.553. The Balaban J connectivity index is 2.22. The van der Waals surface area contributed by atoms with Crippen molar-refractivity contribution < 1.29 is 14.3 Å². The average Bonchev–Trinajstić information content (AvgIpc) is 2.88. The molecule has 1 heterocycles. The predicted molar refractivity (Wildman–Crippen MR) is 99.2 cm³/mol. The van der Waals surface area contributed by atoms with Gasteiger partial charge in [-0.05, 0) is 36.3 Å². The van der Waals surface area contributed by atoms with Crippen molar-refractivity contribution in [2.75, 3.05) is 12.4 Å². The van der Waals surface area contributed by atoms with E-state index < -0.39 is 11.9 Å². The number of esters is 1. The van der Waals surface area contributed by atoms with Crippen LogP contribution in [0.15, 0.2) is 24.3 Å². The number of thiophene rings is 1. The third-order valence-electron chi connectivity index (χ3n) is 3.24. The molecule has 1 N–H and O–H groups in total. The molecule has 0 aliphatic rings. The lowest BCUT2D eigenvalue weighted by atomic mass is 10.1. The van der Waals surface area contributed by atoms with Crippen molar-refractivity contribution in [2.45, 2.75) is 6.92 Å². The van der Waals surface area contributed by atoms with Gasteiger partial charge in [-0.3, -0.25) is 4.79 Å². The molecule has 0 fully saturated rings. The van der Waals surface area contributed by atoms with Crippen molar-refractivity contribution in [1.82, 2.24) is 0 Å². The first-order valence-electron chi connectivity index (χ1n) is 6.93. The lowest BCUT2D eigenvalue weighted by molar-refractivity contribution is -0.111. The molecule has 8 heteroatoms. The Kier molecular flexibility index (Phi) is 6.21. The highest BCUT2D eigenvalue weighted by atomic mass is 35.5. The van der Waals surface area contributed by atoms with E-state index in [-0.39, 0.29) is 15.4 Å². The minimum Gasteiger partial charge on any atom is -0.465 e. The van der Waals surface area contributed by atoms with Crippen LogP contribution in [0.5, 0.6) is 0 Å². The number of carbonyl (C=O) groups excluding carboxylic acids is 2. The fraction of sp³-hybridized carbons (Fsp3) is 0.118. The Morgan fingerprint density at radius 2 is 2.08 bits per heavy atom. The molecule has 0 saturated heterocycles. The standard InChI is InChI=1S/C17H12Cl2N2O3S/c1-9-12(8-20)16(25-15(9)17(23)24-2)21-14(22)6-4-10-3-5-11(18)7-13(10)19/h3-7H,1-2H3,(H,21,22). The van der Waals surface area contributed by atoms with Crippen LogP contribution in [0.1, 0.15) is 26.4 Å². The van der Waals surface area contributed by atoms with Crippen LogP contribution in [0.3, 0.4) is 0 Å². The summed E-state index contributed by atoms with van der Waals surface area (Å²) in [6.45, 7) is 1.63.